The summed E-state index contributed by atoms with van der Waals surface area (Å²) in [5, 5.41) is 3.48. The highest BCUT2D eigenvalue weighted by Gasteiger charge is 2.35. The number of allylic oxidation sites excluding steroid dienone is 3. The van der Waals surface area contributed by atoms with Gasteiger partial charge in [0.05, 0.1) is 6.04 Å². The summed E-state index contributed by atoms with van der Waals surface area (Å²) < 4.78 is 5.38. The first-order chi connectivity index (χ1) is 13.6. The smallest absolute Gasteiger partial charge is 0.240 e. The van der Waals surface area contributed by atoms with Crippen molar-refractivity contribution in [3.05, 3.63) is 37.0 Å². The first-order valence-electron chi connectivity index (χ1n) is 10.9. The molecule has 28 heavy (non-hydrogen) atoms. The summed E-state index contributed by atoms with van der Waals surface area (Å²) in [5.74, 6) is 0.379. The van der Waals surface area contributed by atoms with Crippen LogP contribution in [-0.2, 0) is 9.53 Å². The van der Waals surface area contributed by atoms with Crippen LogP contribution in [0.4, 0.5) is 0 Å². The molecule has 2 fully saturated rings. The topological polar surface area (TPSA) is 67.6 Å². The lowest BCUT2D eigenvalue weighted by Gasteiger charge is -2.32. The highest BCUT2D eigenvalue weighted by atomic mass is 16.5. The molecule has 5 heteroatoms. The van der Waals surface area contributed by atoms with Crippen LogP contribution in [0, 0.1) is 5.92 Å². The molecule has 0 radical (unpaired) electrons. The van der Waals surface area contributed by atoms with E-state index in [-0.39, 0.29) is 23.9 Å². The maximum Gasteiger partial charge on any atom is 0.240 e. The number of nitrogens with two attached hydrogens (primary N) is 1. The van der Waals surface area contributed by atoms with Gasteiger partial charge in [-0.15, -0.1) is 0 Å². The Kier molecular flexibility index (Phi) is 12.8. The fourth-order valence-electron chi connectivity index (χ4n) is 3.71. The van der Waals surface area contributed by atoms with E-state index in [9.17, 15) is 4.79 Å². The van der Waals surface area contributed by atoms with E-state index >= 15 is 0 Å². The van der Waals surface area contributed by atoms with Gasteiger partial charge in [-0.25, -0.2) is 0 Å². The van der Waals surface area contributed by atoms with E-state index in [1.54, 1.807) is 6.08 Å². The molecular formula is C23H41N3O2. The fraction of sp³-hybridized carbons (Fsp3) is 0.696. The minimum atomic E-state index is -0.382. The highest BCUT2D eigenvalue weighted by Crippen LogP contribution is 2.23. The summed E-state index contributed by atoms with van der Waals surface area (Å²) >= 11 is 0. The molecule has 160 valence electrons. The number of carbonyl (C=O) groups excluding carboxylic acids is 1. The molecule has 2 unspecified atom stereocenters. The molecule has 2 heterocycles. The third-order valence-electron chi connectivity index (χ3n) is 5.28. The number of likely N-dealkylation sites (tertiary alicyclic amines) is 1. The Hall–Kier alpha value is -1.43. The normalized spacial score (nSPS) is 21.6. The number of ether oxygens (including phenoxy) is 1. The van der Waals surface area contributed by atoms with Crippen molar-refractivity contribution in [2.24, 2.45) is 11.7 Å². The largest absolute Gasteiger partial charge is 0.381 e. The maximum atomic E-state index is 12.8. The Morgan fingerprint density at radius 3 is 2.57 bits per heavy atom. The van der Waals surface area contributed by atoms with Crippen LogP contribution in [0.1, 0.15) is 52.4 Å². The van der Waals surface area contributed by atoms with E-state index in [1.165, 1.54) is 12.0 Å². The third kappa shape index (κ3) is 8.29. The summed E-state index contributed by atoms with van der Waals surface area (Å²) in [6.07, 6.45) is 11.7. The van der Waals surface area contributed by atoms with Crippen LogP contribution >= 0.6 is 0 Å². The lowest BCUT2D eigenvalue weighted by Crippen LogP contribution is -2.52. The molecule has 0 aliphatic carbocycles. The molecule has 0 aromatic carbocycles. The lowest BCUT2D eigenvalue weighted by atomic mass is 9.91. The Bertz CT molecular complexity index is 498. The minimum Gasteiger partial charge on any atom is -0.381 e. The maximum absolute atomic E-state index is 12.8. The Morgan fingerprint density at radius 1 is 1.29 bits per heavy atom. The summed E-state index contributed by atoms with van der Waals surface area (Å²) in [6, 6.07) is -0.124. The highest BCUT2D eigenvalue weighted by molar-refractivity contribution is 5.82. The zero-order valence-electron chi connectivity index (χ0n) is 18.0. The molecule has 2 aliphatic heterocycles. The van der Waals surface area contributed by atoms with Crippen molar-refractivity contribution < 1.29 is 9.53 Å². The number of hydrogen-bond donors (Lipinski definition) is 2. The summed E-state index contributed by atoms with van der Waals surface area (Å²) in [7, 11) is 0. The van der Waals surface area contributed by atoms with E-state index in [0.717, 1.165) is 65.0 Å². The molecule has 0 aromatic rings. The average Bonchev–Trinajstić information content (AvgIpc) is 3.19. The van der Waals surface area contributed by atoms with Gasteiger partial charge in [-0.1, -0.05) is 51.7 Å². The van der Waals surface area contributed by atoms with Crippen molar-refractivity contribution >= 4 is 5.91 Å². The molecule has 0 spiro atoms. The van der Waals surface area contributed by atoms with Crippen molar-refractivity contribution in [2.75, 3.05) is 32.8 Å². The van der Waals surface area contributed by atoms with E-state index in [0.29, 0.717) is 0 Å². The molecule has 2 atom stereocenters. The van der Waals surface area contributed by atoms with Crippen LogP contribution in [0.5, 0.6) is 0 Å². The van der Waals surface area contributed by atoms with Crippen LogP contribution in [0.25, 0.3) is 0 Å². The molecule has 2 saturated heterocycles. The van der Waals surface area contributed by atoms with Gasteiger partial charge >= 0.3 is 0 Å². The number of nitrogens with zero attached hydrogens (tertiary/aromatic N) is 1. The summed E-state index contributed by atoms with van der Waals surface area (Å²) in [6.45, 7) is 15.8. The first kappa shape index (κ1) is 24.6. The summed E-state index contributed by atoms with van der Waals surface area (Å²) in [4.78, 5) is 14.8. The predicted molar refractivity (Wildman–Crippen MR) is 118 cm³/mol. The van der Waals surface area contributed by atoms with E-state index < -0.39 is 0 Å². The van der Waals surface area contributed by atoms with Gasteiger partial charge < -0.3 is 20.7 Å². The van der Waals surface area contributed by atoms with Crippen molar-refractivity contribution in [2.45, 2.75) is 64.5 Å². The standard InChI is InChI=1S/C20H33N3O2.C3H8/c1-3-6-16(4-2)8-11-22-15-18-7-5-12-23(18)20(24)19(21)17-9-13-25-14-10-17;1-3-2/h3-4,6,17-19,22H,1-2,5,7-15,21H2;3H2,1-2H3/b16-6+;. The zero-order valence-corrected chi connectivity index (χ0v) is 18.0. The SMILES string of the molecule is C=C/C=C(\C=C)CCNCC1CCCN1C(=O)C(N)C1CCOCC1.CCC. The number of nitrogens with one attached hydrogen (secondary N) is 1. The molecule has 3 N–H and O–H groups in total. The minimum absolute atomic E-state index is 0.120. The Morgan fingerprint density at radius 2 is 1.96 bits per heavy atom. The van der Waals surface area contributed by atoms with Crippen LogP contribution in [-0.4, -0.2) is 55.7 Å². The second-order valence-electron chi connectivity index (χ2n) is 7.65. The van der Waals surface area contributed by atoms with Gasteiger partial charge in [-0.3, -0.25) is 4.79 Å². The van der Waals surface area contributed by atoms with Crippen LogP contribution in [0.15, 0.2) is 37.0 Å². The van der Waals surface area contributed by atoms with Gasteiger partial charge in [0.2, 0.25) is 5.91 Å². The Balaban J connectivity index is 0.00000122. The molecule has 2 aliphatic rings. The van der Waals surface area contributed by atoms with Crippen LogP contribution < -0.4 is 11.1 Å². The van der Waals surface area contributed by atoms with Gasteiger partial charge in [-0.2, -0.15) is 0 Å². The average molecular weight is 392 g/mol. The quantitative estimate of drug-likeness (QED) is 0.467. The van der Waals surface area contributed by atoms with Gasteiger partial charge in [0.1, 0.15) is 0 Å². The molecule has 0 saturated carbocycles. The second-order valence-corrected chi connectivity index (χ2v) is 7.65. The van der Waals surface area contributed by atoms with Crippen molar-refractivity contribution in [3.63, 3.8) is 0 Å². The number of rotatable bonds is 9. The van der Waals surface area contributed by atoms with Gasteiger partial charge in [0.25, 0.3) is 0 Å². The zero-order chi connectivity index (χ0) is 20.8. The number of hydrogen-bond acceptors (Lipinski definition) is 4. The van der Waals surface area contributed by atoms with Crippen LogP contribution in [0.3, 0.4) is 0 Å². The number of carbonyl (C=O) groups is 1. The van der Waals surface area contributed by atoms with E-state index in [2.05, 4.69) is 32.3 Å². The molecule has 0 bridgehead atoms. The van der Waals surface area contributed by atoms with Crippen molar-refractivity contribution in [1.82, 2.24) is 10.2 Å². The molecule has 5 nitrogen and oxygen atoms in total. The van der Waals surface area contributed by atoms with Gasteiger partial charge in [-0.05, 0) is 50.1 Å². The molecule has 1 amide bonds. The van der Waals surface area contributed by atoms with E-state index in [4.69, 9.17) is 10.5 Å². The monoisotopic (exact) mass is 391 g/mol. The molecular weight excluding hydrogens is 350 g/mol. The predicted octanol–water partition coefficient (Wildman–Crippen LogP) is 3.43. The molecule has 0 aromatic heterocycles. The number of amides is 1. The first-order valence-corrected chi connectivity index (χ1v) is 10.9. The van der Waals surface area contributed by atoms with Crippen LogP contribution in [0.2, 0.25) is 0 Å². The Labute approximate surface area is 172 Å². The van der Waals surface area contributed by atoms with E-state index in [1.807, 2.05) is 17.1 Å². The van der Waals surface area contributed by atoms with Crippen molar-refractivity contribution in [1.29, 1.82) is 0 Å². The van der Waals surface area contributed by atoms with Gasteiger partial charge in [0.15, 0.2) is 0 Å². The van der Waals surface area contributed by atoms with Gasteiger partial charge in [0, 0.05) is 32.3 Å². The fourth-order valence-corrected chi connectivity index (χ4v) is 3.71. The summed E-state index contributed by atoms with van der Waals surface area (Å²) in [5.41, 5.74) is 7.45. The van der Waals surface area contributed by atoms with Crippen molar-refractivity contribution in [3.8, 4) is 0 Å². The lowest BCUT2D eigenvalue weighted by molar-refractivity contribution is -0.135. The third-order valence-corrected chi connectivity index (χ3v) is 5.28. The second kappa shape index (κ2) is 14.6. The molecule has 2 rings (SSSR count).